The summed E-state index contributed by atoms with van der Waals surface area (Å²) in [6, 6.07) is 0. The molecule has 1 aliphatic heterocycles. The molecule has 1 aliphatic rings. The van der Waals surface area contributed by atoms with Gasteiger partial charge in [-0.2, -0.15) is 0 Å². The topological polar surface area (TPSA) is 35.6 Å². The van der Waals surface area contributed by atoms with Crippen molar-refractivity contribution < 1.29 is 4.79 Å². The molecule has 4 heteroatoms. The van der Waals surface area contributed by atoms with E-state index in [1.54, 1.807) is 0 Å². The number of nitrogens with zero attached hydrogens (tertiary/aromatic N) is 2. The Morgan fingerprint density at radius 1 is 1.57 bits per heavy atom. The van der Waals surface area contributed by atoms with E-state index in [-0.39, 0.29) is 12.1 Å². The standard InChI is InChI=1S/C10H21N3O/c1-4-9-11-8-10(14)13(9)7-5-6-12(2)3/h9,11H,4-8H2,1-3H3. The molecule has 1 atom stereocenters. The zero-order chi connectivity index (χ0) is 10.6. The maximum Gasteiger partial charge on any atom is 0.237 e. The van der Waals surface area contributed by atoms with Gasteiger partial charge in [0.05, 0.1) is 12.7 Å². The monoisotopic (exact) mass is 199 g/mol. The van der Waals surface area contributed by atoms with Gasteiger partial charge in [-0.15, -0.1) is 0 Å². The van der Waals surface area contributed by atoms with Crippen molar-refractivity contribution in [2.45, 2.75) is 25.9 Å². The Labute approximate surface area is 86.2 Å². The molecule has 82 valence electrons. The molecule has 0 saturated carbocycles. The summed E-state index contributed by atoms with van der Waals surface area (Å²) in [5.41, 5.74) is 0. The molecule has 14 heavy (non-hydrogen) atoms. The van der Waals surface area contributed by atoms with E-state index in [9.17, 15) is 4.79 Å². The summed E-state index contributed by atoms with van der Waals surface area (Å²) in [5.74, 6) is 0.246. The van der Waals surface area contributed by atoms with Crippen LogP contribution >= 0.6 is 0 Å². The molecule has 1 unspecified atom stereocenters. The largest absolute Gasteiger partial charge is 0.326 e. The molecule has 0 spiro atoms. The normalized spacial score (nSPS) is 22.4. The van der Waals surface area contributed by atoms with Crippen LogP contribution in [0.2, 0.25) is 0 Å². The van der Waals surface area contributed by atoms with Crippen LogP contribution in [0.25, 0.3) is 0 Å². The molecule has 0 aromatic heterocycles. The van der Waals surface area contributed by atoms with Gasteiger partial charge in [-0.1, -0.05) is 6.92 Å². The van der Waals surface area contributed by atoms with Gasteiger partial charge in [0.25, 0.3) is 0 Å². The molecule has 1 heterocycles. The quantitative estimate of drug-likeness (QED) is 0.682. The summed E-state index contributed by atoms with van der Waals surface area (Å²) in [6.07, 6.45) is 2.31. The first-order chi connectivity index (χ1) is 6.65. The molecule has 0 radical (unpaired) electrons. The minimum atomic E-state index is 0.246. The molecule has 0 aromatic rings. The second kappa shape index (κ2) is 5.32. The van der Waals surface area contributed by atoms with Crippen molar-refractivity contribution in [2.75, 3.05) is 33.7 Å². The van der Waals surface area contributed by atoms with Gasteiger partial charge in [0.1, 0.15) is 0 Å². The van der Waals surface area contributed by atoms with Crippen molar-refractivity contribution in [2.24, 2.45) is 0 Å². The van der Waals surface area contributed by atoms with Crippen molar-refractivity contribution in [3.63, 3.8) is 0 Å². The van der Waals surface area contributed by atoms with E-state index >= 15 is 0 Å². The summed E-state index contributed by atoms with van der Waals surface area (Å²) in [4.78, 5) is 15.6. The van der Waals surface area contributed by atoms with Crippen LogP contribution in [0.15, 0.2) is 0 Å². The third kappa shape index (κ3) is 2.96. The van der Waals surface area contributed by atoms with Crippen LogP contribution < -0.4 is 5.32 Å². The van der Waals surface area contributed by atoms with E-state index < -0.39 is 0 Å². The van der Waals surface area contributed by atoms with E-state index in [4.69, 9.17) is 0 Å². The first-order valence-corrected chi connectivity index (χ1v) is 5.32. The van der Waals surface area contributed by atoms with E-state index in [0.717, 1.165) is 25.9 Å². The lowest BCUT2D eigenvalue weighted by atomic mass is 10.3. The number of hydrogen-bond acceptors (Lipinski definition) is 3. The Balaban J connectivity index is 2.30. The van der Waals surface area contributed by atoms with Gasteiger partial charge < -0.3 is 9.80 Å². The van der Waals surface area contributed by atoms with Gasteiger partial charge in [-0.05, 0) is 33.5 Å². The lowest BCUT2D eigenvalue weighted by Gasteiger charge is -2.23. The highest BCUT2D eigenvalue weighted by molar-refractivity contribution is 5.80. The van der Waals surface area contributed by atoms with Crippen molar-refractivity contribution in [3.8, 4) is 0 Å². The fraction of sp³-hybridized carbons (Fsp3) is 0.900. The number of carbonyl (C=O) groups excluding carboxylic acids is 1. The van der Waals surface area contributed by atoms with E-state index in [0.29, 0.717) is 6.54 Å². The van der Waals surface area contributed by atoms with E-state index in [1.165, 1.54) is 0 Å². The first kappa shape index (κ1) is 11.5. The summed E-state index contributed by atoms with van der Waals surface area (Å²) in [7, 11) is 4.11. The molecular formula is C10H21N3O. The lowest BCUT2D eigenvalue weighted by Crippen LogP contribution is -2.38. The number of carbonyl (C=O) groups is 1. The Morgan fingerprint density at radius 3 is 2.86 bits per heavy atom. The highest BCUT2D eigenvalue weighted by atomic mass is 16.2. The maximum absolute atomic E-state index is 11.5. The van der Waals surface area contributed by atoms with Gasteiger partial charge in [0.2, 0.25) is 5.91 Å². The zero-order valence-electron chi connectivity index (χ0n) is 9.42. The molecule has 1 saturated heterocycles. The number of amides is 1. The van der Waals surface area contributed by atoms with Gasteiger partial charge >= 0.3 is 0 Å². The molecule has 0 bridgehead atoms. The summed E-state index contributed by atoms with van der Waals surface area (Å²) in [5, 5.41) is 3.21. The van der Waals surface area contributed by atoms with Crippen LogP contribution in [-0.4, -0.2) is 55.6 Å². The van der Waals surface area contributed by atoms with Crippen molar-refractivity contribution in [1.29, 1.82) is 0 Å². The second-order valence-electron chi connectivity index (χ2n) is 4.05. The van der Waals surface area contributed by atoms with Gasteiger partial charge in [-0.3, -0.25) is 10.1 Å². The van der Waals surface area contributed by atoms with Crippen LogP contribution in [0.4, 0.5) is 0 Å². The van der Waals surface area contributed by atoms with Crippen LogP contribution in [0.3, 0.4) is 0 Å². The minimum Gasteiger partial charge on any atom is -0.326 e. The summed E-state index contributed by atoms with van der Waals surface area (Å²) < 4.78 is 0. The molecular weight excluding hydrogens is 178 g/mol. The Hall–Kier alpha value is -0.610. The summed E-state index contributed by atoms with van der Waals surface area (Å²) >= 11 is 0. The van der Waals surface area contributed by atoms with Crippen molar-refractivity contribution in [3.05, 3.63) is 0 Å². The van der Waals surface area contributed by atoms with Gasteiger partial charge in [-0.25, -0.2) is 0 Å². The molecule has 1 rings (SSSR count). The molecule has 0 aliphatic carbocycles. The number of nitrogens with one attached hydrogen (secondary N) is 1. The molecule has 1 fully saturated rings. The lowest BCUT2D eigenvalue weighted by molar-refractivity contribution is -0.128. The second-order valence-corrected chi connectivity index (χ2v) is 4.05. The van der Waals surface area contributed by atoms with Gasteiger partial charge in [0, 0.05) is 6.54 Å². The SMILES string of the molecule is CCC1NCC(=O)N1CCCN(C)C. The average Bonchev–Trinajstić information content (AvgIpc) is 2.47. The average molecular weight is 199 g/mol. The highest BCUT2D eigenvalue weighted by Gasteiger charge is 2.27. The van der Waals surface area contributed by atoms with E-state index in [1.807, 2.05) is 4.90 Å². The Bertz CT molecular complexity index is 194. The van der Waals surface area contributed by atoms with Crippen LogP contribution in [-0.2, 0) is 4.79 Å². The summed E-state index contributed by atoms with van der Waals surface area (Å²) in [6.45, 7) is 4.54. The number of hydrogen-bond donors (Lipinski definition) is 1. The predicted molar refractivity (Wildman–Crippen MR) is 57.0 cm³/mol. The number of rotatable bonds is 5. The van der Waals surface area contributed by atoms with Crippen LogP contribution in [0, 0.1) is 0 Å². The van der Waals surface area contributed by atoms with Crippen LogP contribution in [0.5, 0.6) is 0 Å². The predicted octanol–water partition coefficient (Wildman–Crippen LogP) is 0.106. The fourth-order valence-electron chi connectivity index (χ4n) is 1.79. The zero-order valence-corrected chi connectivity index (χ0v) is 9.42. The van der Waals surface area contributed by atoms with Crippen molar-refractivity contribution in [1.82, 2.24) is 15.1 Å². The van der Waals surface area contributed by atoms with Crippen LogP contribution in [0.1, 0.15) is 19.8 Å². The third-order valence-corrected chi connectivity index (χ3v) is 2.58. The van der Waals surface area contributed by atoms with E-state index in [2.05, 4.69) is 31.2 Å². The molecule has 1 N–H and O–H groups in total. The molecule has 4 nitrogen and oxygen atoms in total. The minimum absolute atomic E-state index is 0.246. The first-order valence-electron chi connectivity index (χ1n) is 5.32. The van der Waals surface area contributed by atoms with Crippen molar-refractivity contribution >= 4 is 5.91 Å². The fourth-order valence-corrected chi connectivity index (χ4v) is 1.79. The molecule has 1 amide bonds. The smallest absolute Gasteiger partial charge is 0.237 e. The highest BCUT2D eigenvalue weighted by Crippen LogP contribution is 2.08. The molecule has 0 aromatic carbocycles. The Morgan fingerprint density at radius 2 is 2.29 bits per heavy atom. The maximum atomic E-state index is 11.5. The third-order valence-electron chi connectivity index (χ3n) is 2.58. The van der Waals surface area contributed by atoms with Gasteiger partial charge in [0.15, 0.2) is 0 Å². The Kier molecular flexibility index (Phi) is 4.35.